The van der Waals surface area contributed by atoms with Crippen molar-refractivity contribution < 1.29 is 18.0 Å². The molecule has 0 fully saturated rings. The van der Waals surface area contributed by atoms with Crippen LogP contribution in [0.3, 0.4) is 0 Å². The SMILES string of the molecule is CC(=O)N1c2ccc(S(=O)(=O)N[C@H](C(=O)Nc3cccc(C)c3)C(C)C)cc2C[C@H]1C. The summed E-state index contributed by atoms with van der Waals surface area (Å²) in [4.78, 5) is 26.5. The maximum absolute atomic E-state index is 13.1. The predicted molar refractivity (Wildman–Crippen MR) is 122 cm³/mol. The molecular weight excluding hydrogens is 414 g/mol. The van der Waals surface area contributed by atoms with E-state index in [0.717, 1.165) is 16.8 Å². The first kappa shape index (κ1) is 23.0. The molecule has 0 saturated carbocycles. The van der Waals surface area contributed by atoms with Crippen LogP contribution >= 0.6 is 0 Å². The van der Waals surface area contributed by atoms with Gasteiger partial charge >= 0.3 is 0 Å². The summed E-state index contributed by atoms with van der Waals surface area (Å²) in [6.07, 6.45) is 0.583. The summed E-state index contributed by atoms with van der Waals surface area (Å²) in [6, 6.07) is 11.1. The second-order valence-corrected chi connectivity index (χ2v) is 10.1. The maximum atomic E-state index is 13.1. The van der Waals surface area contributed by atoms with Gasteiger partial charge in [-0.25, -0.2) is 8.42 Å². The fraction of sp³-hybridized carbons (Fsp3) is 0.391. The first-order valence-electron chi connectivity index (χ1n) is 10.3. The molecule has 1 aliphatic heterocycles. The Hall–Kier alpha value is -2.71. The molecule has 0 radical (unpaired) electrons. The Labute approximate surface area is 183 Å². The van der Waals surface area contributed by atoms with Crippen molar-refractivity contribution in [1.29, 1.82) is 0 Å². The Morgan fingerprint density at radius 1 is 1.13 bits per heavy atom. The van der Waals surface area contributed by atoms with Crippen molar-refractivity contribution in [3.05, 3.63) is 53.6 Å². The van der Waals surface area contributed by atoms with Gasteiger partial charge in [0.05, 0.1) is 4.90 Å². The van der Waals surface area contributed by atoms with E-state index in [9.17, 15) is 18.0 Å². The standard InChI is InChI=1S/C23H29N3O4S/c1-14(2)22(23(28)24-19-8-6-7-15(3)11-19)25-31(29,30)20-9-10-21-18(13-20)12-16(4)26(21)17(5)27/h6-11,13-14,16,22,25H,12H2,1-5H3,(H,24,28)/t16-,22+/m1/s1. The zero-order valence-corrected chi connectivity index (χ0v) is 19.3. The molecule has 2 amide bonds. The predicted octanol–water partition coefficient (Wildman–Crippen LogP) is 3.23. The van der Waals surface area contributed by atoms with E-state index in [1.165, 1.54) is 13.0 Å². The quantitative estimate of drug-likeness (QED) is 0.716. The minimum atomic E-state index is -3.94. The number of carbonyl (C=O) groups excluding carboxylic acids is 2. The monoisotopic (exact) mass is 443 g/mol. The molecule has 0 spiro atoms. The van der Waals surface area contributed by atoms with Crippen molar-refractivity contribution in [1.82, 2.24) is 4.72 Å². The van der Waals surface area contributed by atoms with Gasteiger partial charge in [0.25, 0.3) is 0 Å². The summed E-state index contributed by atoms with van der Waals surface area (Å²) in [6.45, 7) is 8.92. The second kappa shape index (κ2) is 8.80. The normalized spacial score (nSPS) is 16.8. The first-order valence-corrected chi connectivity index (χ1v) is 11.8. The number of amides is 2. The van der Waals surface area contributed by atoms with E-state index in [2.05, 4.69) is 10.0 Å². The Balaban J connectivity index is 1.83. The molecule has 2 aromatic carbocycles. The summed E-state index contributed by atoms with van der Waals surface area (Å²) < 4.78 is 28.7. The topological polar surface area (TPSA) is 95.6 Å². The van der Waals surface area contributed by atoms with Gasteiger partial charge in [-0.1, -0.05) is 26.0 Å². The number of nitrogens with one attached hydrogen (secondary N) is 2. The highest BCUT2D eigenvalue weighted by molar-refractivity contribution is 7.89. The summed E-state index contributed by atoms with van der Waals surface area (Å²) in [5, 5.41) is 2.79. The highest BCUT2D eigenvalue weighted by Gasteiger charge is 2.32. The molecule has 8 heteroatoms. The van der Waals surface area contributed by atoms with Crippen LogP contribution in [0.15, 0.2) is 47.4 Å². The van der Waals surface area contributed by atoms with E-state index in [-0.39, 0.29) is 22.8 Å². The van der Waals surface area contributed by atoms with E-state index in [4.69, 9.17) is 0 Å². The molecule has 2 atom stereocenters. The van der Waals surface area contributed by atoms with Gasteiger partial charge in [-0.2, -0.15) is 4.72 Å². The molecule has 2 N–H and O–H groups in total. The third kappa shape index (κ3) is 4.97. The van der Waals surface area contributed by atoms with Crippen LogP contribution in [0, 0.1) is 12.8 Å². The third-order valence-corrected chi connectivity index (χ3v) is 6.87. The van der Waals surface area contributed by atoms with E-state index >= 15 is 0 Å². The molecule has 7 nitrogen and oxygen atoms in total. The van der Waals surface area contributed by atoms with Crippen LogP contribution in [0.25, 0.3) is 0 Å². The van der Waals surface area contributed by atoms with E-state index in [0.29, 0.717) is 12.1 Å². The lowest BCUT2D eigenvalue weighted by molar-refractivity contribution is -0.118. The van der Waals surface area contributed by atoms with Crippen molar-refractivity contribution in [2.75, 3.05) is 10.2 Å². The van der Waals surface area contributed by atoms with Crippen molar-refractivity contribution >= 4 is 33.2 Å². The number of rotatable bonds is 6. The van der Waals surface area contributed by atoms with Crippen LogP contribution in [0.1, 0.15) is 38.8 Å². The van der Waals surface area contributed by atoms with Crippen molar-refractivity contribution in [2.45, 2.75) is 58.0 Å². The Morgan fingerprint density at radius 2 is 1.84 bits per heavy atom. The minimum Gasteiger partial charge on any atom is -0.325 e. The lowest BCUT2D eigenvalue weighted by Crippen LogP contribution is -2.47. The molecule has 0 aromatic heterocycles. The number of anilines is 2. The van der Waals surface area contributed by atoms with Crippen LogP contribution in [-0.2, 0) is 26.0 Å². The van der Waals surface area contributed by atoms with Gasteiger partial charge in [0, 0.05) is 24.3 Å². The van der Waals surface area contributed by atoms with Gasteiger partial charge in [-0.05, 0) is 67.6 Å². The number of fused-ring (bicyclic) bond motifs is 1. The van der Waals surface area contributed by atoms with Crippen molar-refractivity contribution in [3.8, 4) is 0 Å². The van der Waals surface area contributed by atoms with Crippen LogP contribution in [0.4, 0.5) is 11.4 Å². The number of benzene rings is 2. The number of nitrogens with zero attached hydrogens (tertiary/aromatic N) is 1. The Morgan fingerprint density at radius 3 is 2.45 bits per heavy atom. The maximum Gasteiger partial charge on any atom is 0.242 e. The molecular formula is C23H29N3O4S. The minimum absolute atomic E-state index is 0.0260. The molecule has 1 heterocycles. The average molecular weight is 444 g/mol. The average Bonchev–Trinajstić information content (AvgIpc) is 3.00. The number of carbonyl (C=O) groups is 2. The molecule has 2 aromatic rings. The van der Waals surface area contributed by atoms with Crippen LogP contribution in [-0.4, -0.2) is 32.3 Å². The van der Waals surface area contributed by atoms with Crippen molar-refractivity contribution in [2.24, 2.45) is 5.92 Å². The zero-order chi connectivity index (χ0) is 22.9. The second-order valence-electron chi connectivity index (χ2n) is 8.43. The molecule has 31 heavy (non-hydrogen) atoms. The van der Waals surface area contributed by atoms with Crippen LogP contribution in [0.5, 0.6) is 0 Å². The third-order valence-electron chi connectivity index (χ3n) is 5.43. The molecule has 0 bridgehead atoms. The molecule has 0 unspecified atom stereocenters. The Kier molecular flexibility index (Phi) is 6.52. The number of hydrogen-bond acceptors (Lipinski definition) is 4. The highest BCUT2D eigenvalue weighted by atomic mass is 32.2. The lowest BCUT2D eigenvalue weighted by Gasteiger charge is -2.22. The summed E-state index contributed by atoms with van der Waals surface area (Å²) >= 11 is 0. The van der Waals surface area contributed by atoms with E-state index in [1.54, 1.807) is 36.9 Å². The fourth-order valence-corrected chi connectivity index (χ4v) is 5.32. The van der Waals surface area contributed by atoms with E-state index in [1.807, 2.05) is 32.0 Å². The molecule has 3 rings (SSSR count). The smallest absolute Gasteiger partial charge is 0.242 e. The van der Waals surface area contributed by atoms with Gasteiger partial charge in [-0.15, -0.1) is 0 Å². The van der Waals surface area contributed by atoms with Crippen molar-refractivity contribution in [3.63, 3.8) is 0 Å². The van der Waals surface area contributed by atoms with Crippen LogP contribution in [0.2, 0.25) is 0 Å². The lowest BCUT2D eigenvalue weighted by atomic mass is 10.0. The van der Waals surface area contributed by atoms with E-state index < -0.39 is 22.0 Å². The number of aryl methyl sites for hydroxylation is 1. The largest absolute Gasteiger partial charge is 0.325 e. The molecule has 0 aliphatic carbocycles. The number of sulfonamides is 1. The zero-order valence-electron chi connectivity index (χ0n) is 18.5. The van der Waals surface area contributed by atoms with Gasteiger partial charge in [0.2, 0.25) is 21.8 Å². The van der Waals surface area contributed by atoms with Gasteiger partial charge in [-0.3, -0.25) is 9.59 Å². The first-order chi connectivity index (χ1) is 14.5. The summed E-state index contributed by atoms with van der Waals surface area (Å²) in [5.41, 5.74) is 3.14. The molecule has 0 saturated heterocycles. The molecule has 1 aliphatic rings. The molecule has 166 valence electrons. The summed E-state index contributed by atoms with van der Waals surface area (Å²) in [7, 11) is -3.94. The van der Waals surface area contributed by atoms with Gasteiger partial charge in [0.15, 0.2) is 0 Å². The van der Waals surface area contributed by atoms with Gasteiger partial charge in [0.1, 0.15) is 6.04 Å². The Bertz CT molecular complexity index is 1110. The fourth-order valence-electron chi connectivity index (χ4n) is 3.92. The summed E-state index contributed by atoms with van der Waals surface area (Å²) in [5.74, 6) is -0.753. The number of hydrogen-bond donors (Lipinski definition) is 2. The van der Waals surface area contributed by atoms with Crippen LogP contribution < -0.4 is 14.9 Å². The highest BCUT2D eigenvalue weighted by Crippen LogP contribution is 2.34. The van der Waals surface area contributed by atoms with Gasteiger partial charge < -0.3 is 10.2 Å².